The molecule has 0 bridgehead atoms. The summed E-state index contributed by atoms with van der Waals surface area (Å²) in [5, 5.41) is 5.30. The highest BCUT2D eigenvalue weighted by Crippen LogP contribution is 2.40. The monoisotopic (exact) mass is 388 g/mol. The number of amides is 1. The number of hydrogen-bond donors (Lipinski definition) is 0. The van der Waals surface area contributed by atoms with Gasteiger partial charge < -0.3 is 4.90 Å². The molecule has 1 saturated carbocycles. The van der Waals surface area contributed by atoms with Crippen LogP contribution < -0.4 is 0 Å². The van der Waals surface area contributed by atoms with Crippen LogP contribution in [0.25, 0.3) is 11.0 Å². The zero-order chi connectivity index (χ0) is 18.4. The van der Waals surface area contributed by atoms with Crippen molar-refractivity contribution in [3.8, 4) is 0 Å². The van der Waals surface area contributed by atoms with Gasteiger partial charge in [0.2, 0.25) is 0 Å². The lowest BCUT2D eigenvalue weighted by atomic mass is 10.1. The largest absolute Gasteiger partial charge is 0.337 e. The van der Waals surface area contributed by atoms with Gasteiger partial charge in [-0.3, -0.25) is 4.79 Å². The minimum absolute atomic E-state index is 0.00729. The molecule has 5 nitrogen and oxygen atoms in total. The molecule has 0 spiro atoms. The zero-order valence-electron chi connectivity index (χ0n) is 15.1. The molecule has 0 aliphatic heterocycles. The van der Waals surface area contributed by atoms with Gasteiger partial charge in [-0.25, -0.2) is 9.67 Å². The van der Waals surface area contributed by atoms with Gasteiger partial charge in [0, 0.05) is 29.6 Å². The van der Waals surface area contributed by atoms with Crippen LogP contribution in [0.1, 0.15) is 59.6 Å². The van der Waals surface area contributed by atoms with E-state index in [2.05, 4.69) is 18.9 Å². The maximum Gasteiger partial charge on any atom is 0.254 e. The summed E-state index contributed by atoms with van der Waals surface area (Å²) in [7, 11) is 1.83. The van der Waals surface area contributed by atoms with Gasteiger partial charge in [-0.15, -0.1) is 11.3 Å². The predicted octanol–water partition coefficient (Wildman–Crippen LogP) is 4.88. The predicted molar refractivity (Wildman–Crippen MR) is 105 cm³/mol. The molecule has 3 aromatic rings. The number of thiophene rings is 1. The molecule has 1 fully saturated rings. The molecule has 26 heavy (non-hydrogen) atoms. The number of aromatic nitrogens is 3. The van der Waals surface area contributed by atoms with Gasteiger partial charge in [-0.2, -0.15) is 5.10 Å². The smallest absolute Gasteiger partial charge is 0.254 e. The molecule has 0 aromatic carbocycles. The lowest BCUT2D eigenvalue weighted by Gasteiger charge is -2.17. The second-order valence-corrected chi connectivity index (χ2v) is 8.96. The zero-order valence-corrected chi connectivity index (χ0v) is 16.6. The summed E-state index contributed by atoms with van der Waals surface area (Å²) in [5.41, 5.74) is 2.50. The van der Waals surface area contributed by atoms with Crippen molar-refractivity contribution in [2.45, 2.75) is 45.2 Å². The Balaban J connectivity index is 1.73. The molecule has 3 heterocycles. The van der Waals surface area contributed by atoms with Crippen molar-refractivity contribution in [1.82, 2.24) is 19.7 Å². The number of pyridine rings is 1. The van der Waals surface area contributed by atoms with Gasteiger partial charge >= 0.3 is 0 Å². The molecule has 136 valence electrons. The Bertz CT molecular complexity index is 973. The van der Waals surface area contributed by atoms with Gasteiger partial charge in [-0.05, 0) is 44.9 Å². The van der Waals surface area contributed by atoms with E-state index in [9.17, 15) is 4.79 Å². The third-order valence-corrected chi connectivity index (χ3v) is 5.89. The molecule has 0 radical (unpaired) electrons. The molecule has 1 aliphatic rings. The second-order valence-electron chi connectivity index (χ2n) is 7.16. The third kappa shape index (κ3) is 3.23. The quantitative estimate of drug-likeness (QED) is 0.626. The van der Waals surface area contributed by atoms with Gasteiger partial charge in [0.15, 0.2) is 5.65 Å². The molecule has 0 saturated heterocycles. The number of carbonyl (C=O) groups excluding carboxylic acids is 1. The van der Waals surface area contributed by atoms with Crippen LogP contribution in [-0.2, 0) is 6.54 Å². The van der Waals surface area contributed by atoms with Crippen LogP contribution in [0.3, 0.4) is 0 Å². The second kappa shape index (κ2) is 6.67. The van der Waals surface area contributed by atoms with Crippen molar-refractivity contribution in [3.63, 3.8) is 0 Å². The van der Waals surface area contributed by atoms with Crippen LogP contribution in [0.4, 0.5) is 0 Å². The van der Waals surface area contributed by atoms with Gasteiger partial charge in [0.05, 0.1) is 28.0 Å². The summed E-state index contributed by atoms with van der Waals surface area (Å²) < 4.78 is 2.64. The fourth-order valence-electron chi connectivity index (χ4n) is 3.13. The van der Waals surface area contributed by atoms with Crippen LogP contribution in [-0.4, -0.2) is 32.6 Å². The number of hydrogen-bond acceptors (Lipinski definition) is 4. The third-order valence-electron chi connectivity index (χ3n) is 4.67. The first kappa shape index (κ1) is 17.5. The van der Waals surface area contributed by atoms with E-state index in [1.807, 2.05) is 29.9 Å². The molecule has 3 aromatic heterocycles. The fraction of sp³-hybridized carbons (Fsp3) is 0.421. The van der Waals surface area contributed by atoms with Crippen molar-refractivity contribution in [1.29, 1.82) is 0 Å². The van der Waals surface area contributed by atoms with E-state index in [0.29, 0.717) is 18.0 Å². The Morgan fingerprint density at radius 2 is 2.19 bits per heavy atom. The molecule has 0 N–H and O–H groups in total. The molecule has 0 unspecified atom stereocenters. The maximum atomic E-state index is 13.2. The Kier molecular flexibility index (Phi) is 4.49. The first-order valence-corrected chi connectivity index (χ1v) is 10.0. The lowest BCUT2D eigenvalue weighted by molar-refractivity contribution is 0.0788. The average Bonchev–Trinajstić information content (AvgIpc) is 3.24. The summed E-state index contributed by atoms with van der Waals surface area (Å²) >= 11 is 7.51. The van der Waals surface area contributed by atoms with Gasteiger partial charge in [0.25, 0.3) is 5.91 Å². The SMILES string of the molecule is CC(C)n1ncc2c(C(=O)N(C)Cc3ccc(Cl)s3)cc(C3CC3)nc21. The topological polar surface area (TPSA) is 51.0 Å². The van der Waals surface area contributed by atoms with Crippen LogP contribution in [0, 0.1) is 0 Å². The highest BCUT2D eigenvalue weighted by Gasteiger charge is 2.29. The maximum absolute atomic E-state index is 13.2. The van der Waals surface area contributed by atoms with Crippen molar-refractivity contribution in [2.24, 2.45) is 0 Å². The minimum atomic E-state index is -0.00729. The van der Waals surface area contributed by atoms with Crippen molar-refractivity contribution in [3.05, 3.63) is 44.9 Å². The number of fused-ring (bicyclic) bond motifs is 1. The molecular weight excluding hydrogens is 368 g/mol. The molecule has 7 heteroatoms. The van der Waals surface area contributed by atoms with E-state index < -0.39 is 0 Å². The number of nitrogens with zero attached hydrogens (tertiary/aromatic N) is 4. The summed E-state index contributed by atoms with van der Waals surface area (Å²) in [6.07, 6.45) is 4.05. The molecule has 4 rings (SSSR count). The summed E-state index contributed by atoms with van der Waals surface area (Å²) in [5.74, 6) is 0.468. The number of carbonyl (C=O) groups is 1. The first-order chi connectivity index (χ1) is 12.4. The molecule has 1 amide bonds. The van der Waals surface area contributed by atoms with Crippen molar-refractivity contribution >= 4 is 39.9 Å². The standard InChI is InChI=1S/C19H21ClN4OS/c1-11(2)24-18-15(9-21-24)14(8-16(22-18)12-4-5-12)19(25)23(3)10-13-6-7-17(20)26-13/h6-9,11-12H,4-5,10H2,1-3H3. The molecule has 1 aliphatic carbocycles. The summed E-state index contributed by atoms with van der Waals surface area (Å²) in [6, 6.07) is 5.99. The minimum Gasteiger partial charge on any atom is -0.337 e. The van der Waals surface area contributed by atoms with Crippen LogP contribution in [0.15, 0.2) is 24.4 Å². The van der Waals surface area contributed by atoms with E-state index >= 15 is 0 Å². The Hall–Kier alpha value is -1.92. The summed E-state index contributed by atoms with van der Waals surface area (Å²) in [6.45, 7) is 4.69. The van der Waals surface area contributed by atoms with E-state index in [0.717, 1.165) is 38.8 Å². The van der Waals surface area contributed by atoms with Gasteiger partial charge in [-0.1, -0.05) is 11.6 Å². The number of rotatable bonds is 5. The highest BCUT2D eigenvalue weighted by atomic mass is 35.5. The Morgan fingerprint density at radius 3 is 2.81 bits per heavy atom. The van der Waals surface area contributed by atoms with Crippen LogP contribution in [0.2, 0.25) is 4.34 Å². The lowest BCUT2D eigenvalue weighted by Crippen LogP contribution is -2.26. The first-order valence-electron chi connectivity index (χ1n) is 8.82. The van der Waals surface area contributed by atoms with E-state index in [4.69, 9.17) is 16.6 Å². The normalized spacial score (nSPS) is 14.3. The van der Waals surface area contributed by atoms with Gasteiger partial charge in [0.1, 0.15) is 0 Å². The van der Waals surface area contributed by atoms with E-state index in [1.54, 1.807) is 11.1 Å². The van der Waals surface area contributed by atoms with E-state index in [-0.39, 0.29) is 11.9 Å². The van der Waals surface area contributed by atoms with Crippen LogP contribution >= 0.6 is 22.9 Å². The Morgan fingerprint density at radius 1 is 1.42 bits per heavy atom. The van der Waals surface area contributed by atoms with E-state index in [1.165, 1.54) is 11.3 Å². The van der Waals surface area contributed by atoms with Crippen molar-refractivity contribution < 1.29 is 4.79 Å². The fourth-order valence-corrected chi connectivity index (χ4v) is 4.27. The molecule has 0 atom stereocenters. The van der Waals surface area contributed by atoms with Crippen LogP contribution in [0.5, 0.6) is 0 Å². The average molecular weight is 389 g/mol. The van der Waals surface area contributed by atoms with Crippen molar-refractivity contribution in [2.75, 3.05) is 7.05 Å². The number of halogens is 1. The Labute approximate surface area is 161 Å². The summed E-state index contributed by atoms with van der Waals surface area (Å²) in [4.78, 5) is 20.8. The molecular formula is C19H21ClN4OS. The highest BCUT2D eigenvalue weighted by molar-refractivity contribution is 7.16.